The molecule has 2 rings (SSSR count). The highest BCUT2D eigenvalue weighted by atomic mass is 32.2. The smallest absolute Gasteiger partial charge is 0.407 e. The lowest BCUT2D eigenvalue weighted by Crippen LogP contribution is -2.36. The number of nitrogens with zero attached hydrogens (tertiary/aromatic N) is 1. The predicted molar refractivity (Wildman–Crippen MR) is 163 cm³/mol. The average Bonchev–Trinajstić information content (AvgIpc) is 2.96. The predicted octanol–water partition coefficient (Wildman–Crippen LogP) is 3.78. The van der Waals surface area contributed by atoms with Crippen LogP contribution >= 0.6 is 23.5 Å². The molecular formula is C29H40N4O6S2. The van der Waals surface area contributed by atoms with Gasteiger partial charge in [0.1, 0.15) is 13.2 Å². The molecule has 1 unspecified atom stereocenters. The molecule has 0 aromatic heterocycles. The second-order valence-corrected chi connectivity index (χ2v) is 11.3. The Morgan fingerprint density at radius 3 is 1.93 bits per heavy atom. The van der Waals surface area contributed by atoms with Crippen LogP contribution in [0.3, 0.4) is 0 Å². The second-order valence-electron chi connectivity index (χ2n) is 8.94. The highest BCUT2D eigenvalue weighted by Gasteiger charge is 2.07. The van der Waals surface area contributed by atoms with Crippen molar-refractivity contribution in [3.63, 3.8) is 0 Å². The number of hydrogen-bond donors (Lipinski definition) is 3. The monoisotopic (exact) mass is 604 g/mol. The molecule has 0 saturated carbocycles. The summed E-state index contributed by atoms with van der Waals surface area (Å²) in [6.45, 7) is 1.58. The SMILES string of the molecule is C[N+]([O-])(/C=C/COC(=O)NCCNC(=O)CCSc1ccccc1)CCOCCNC(=O)CCSc1ccccc1. The van der Waals surface area contributed by atoms with Crippen LogP contribution < -0.4 is 16.0 Å². The minimum absolute atomic E-state index is 0.0353. The van der Waals surface area contributed by atoms with Crippen LogP contribution in [-0.4, -0.2) is 87.1 Å². The lowest BCUT2D eigenvalue weighted by atomic mass is 10.4. The van der Waals surface area contributed by atoms with Crippen LogP contribution in [0, 0.1) is 5.21 Å². The highest BCUT2D eigenvalue weighted by molar-refractivity contribution is 7.99. The van der Waals surface area contributed by atoms with Crippen molar-refractivity contribution in [3.8, 4) is 0 Å². The molecule has 2 aromatic rings. The molecule has 0 spiro atoms. The second kappa shape index (κ2) is 20.8. The molecule has 3 amide bonds. The Bertz CT molecular complexity index is 1060. The van der Waals surface area contributed by atoms with Crippen molar-refractivity contribution >= 4 is 41.4 Å². The van der Waals surface area contributed by atoms with E-state index in [4.69, 9.17) is 9.47 Å². The molecule has 0 aliphatic rings. The maximum atomic E-state index is 12.5. The Kier molecular flexibility index (Phi) is 17.3. The van der Waals surface area contributed by atoms with E-state index in [1.165, 1.54) is 19.3 Å². The van der Waals surface area contributed by atoms with Crippen LogP contribution in [0.1, 0.15) is 12.8 Å². The number of alkyl carbamates (subject to hydrolysis) is 1. The van der Waals surface area contributed by atoms with E-state index in [1.807, 2.05) is 60.7 Å². The molecule has 224 valence electrons. The van der Waals surface area contributed by atoms with Crippen LogP contribution in [-0.2, 0) is 19.1 Å². The van der Waals surface area contributed by atoms with Gasteiger partial charge in [-0.15, -0.1) is 23.5 Å². The number of hydroxylamine groups is 3. The first-order valence-corrected chi connectivity index (χ1v) is 15.4. The van der Waals surface area contributed by atoms with Crippen LogP contribution in [0.4, 0.5) is 4.79 Å². The molecule has 0 aliphatic carbocycles. The van der Waals surface area contributed by atoms with E-state index in [1.54, 1.807) is 23.5 Å². The number of amides is 3. The maximum absolute atomic E-state index is 12.5. The quantitative estimate of drug-likeness (QED) is 0.0902. The third-order valence-corrected chi connectivity index (χ3v) is 7.41. The number of ether oxygens (including phenoxy) is 2. The van der Waals surface area contributed by atoms with Gasteiger partial charge in [-0.25, -0.2) is 4.79 Å². The molecule has 0 saturated heterocycles. The number of rotatable bonds is 20. The number of nitrogens with one attached hydrogen (secondary N) is 3. The van der Waals surface area contributed by atoms with E-state index in [-0.39, 0.29) is 38.1 Å². The van der Waals surface area contributed by atoms with Gasteiger partial charge in [-0.05, 0) is 24.3 Å². The zero-order valence-electron chi connectivity index (χ0n) is 23.4. The molecule has 0 radical (unpaired) electrons. The summed E-state index contributed by atoms with van der Waals surface area (Å²) in [6, 6.07) is 19.8. The zero-order chi connectivity index (χ0) is 29.6. The molecule has 3 N–H and O–H groups in total. The lowest BCUT2D eigenvalue weighted by molar-refractivity contribution is -0.808. The normalized spacial score (nSPS) is 12.4. The number of carbonyl (C=O) groups excluding carboxylic acids is 3. The van der Waals surface area contributed by atoms with E-state index in [0.717, 1.165) is 9.79 Å². The van der Waals surface area contributed by atoms with Crippen LogP contribution in [0.15, 0.2) is 82.7 Å². The van der Waals surface area contributed by atoms with Crippen molar-refractivity contribution in [2.24, 2.45) is 0 Å². The Hall–Kier alpha value is -3.03. The molecule has 0 aliphatic heterocycles. The van der Waals surface area contributed by atoms with E-state index in [0.29, 0.717) is 44.0 Å². The molecular weight excluding hydrogens is 564 g/mol. The molecule has 0 fully saturated rings. The van der Waals surface area contributed by atoms with Gasteiger partial charge in [-0.3, -0.25) is 9.59 Å². The minimum atomic E-state index is -0.692. The van der Waals surface area contributed by atoms with Gasteiger partial charge < -0.3 is 35.3 Å². The Morgan fingerprint density at radius 2 is 1.34 bits per heavy atom. The Balaban J connectivity index is 1.41. The van der Waals surface area contributed by atoms with Crippen LogP contribution in [0.5, 0.6) is 0 Å². The number of hydrogen-bond acceptors (Lipinski definition) is 8. The highest BCUT2D eigenvalue weighted by Crippen LogP contribution is 2.18. The Morgan fingerprint density at radius 1 is 0.805 bits per heavy atom. The van der Waals surface area contributed by atoms with Gasteiger partial charge in [0.05, 0.1) is 26.5 Å². The van der Waals surface area contributed by atoms with Gasteiger partial charge >= 0.3 is 6.09 Å². The largest absolute Gasteiger partial charge is 0.628 e. The summed E-state index contributed by atoms with van der Waals surface area (Å²) >= 11 is 3.25. The third-order valence-electron chi connectivity index (χ3n) is 5.38. The first-order valence-electron chi connectivity index (χ1n) is 13.5. The molecule has 12 heteroatoms. The summed E-state index contributed by atoms with van der Waals surface area (Å²) in [7, 11) is 1.47. The fraction of sp³-hybridized carbons (Fsp3) is 0.414. The summed E-state index contributed by atoms with van der Waals surface area (Å²) in [5, 5.41) is 20.6. The molecule has 41 heavy (non-hydrogen) atoms. The molecule has 10 nitrogen and oxygen atoms in total. The van der Waals surface area contributed by atoms with Crippen LogP contribution in [0.2, 0.25) is 0 Å². The van der Waals surface area contributed by atoms with Gasteiger partial charge in [0.2, 0.25) is 11.8 Å². The number of quaternary nitrogens is 1. The standard InChI is InChI=1S/C29H40N4O6S2/c1-33(37,19-22-38-21-17-31-28(35)14-24-41-26-11-6-3-7-12-26)18-8-20-39-29(36)32-16-15-30-27(34)13-23-40-25-9-4-2-5-10-25/h2-12,18H,13-17,19-24H2,1H3,(H,30,34)(H,31,35)(H,32,36)/b18-8+. The zero-order valence-corrected chi connectivity index (χ0v) is 25.1. The van der Waals surface area contributed by atoms with E-state index in [2.05, 4.69) is 16.0 Å². The van der Waals surface area contributed by atoms with Gasteiger partial charge in [-0.2, -0.15) is 0 Å². The number of carbonyl (C=O) groups is 3. The summed E-state index contributed by atoms with van der Waals surface area (Å²) in [5.74, 6) is 1.26. The number of thioether (sulfide) groups is 2. The van der Waals surface area contributed by atoms with E-state index >= 15 is 0 Å². The van der Waals surface area contributed by atoms with E-state index < -0.39 is 10.7 Å². The summed E-state index contributed by atoms with van der Waals surface area (Å²) in [5.41, 5.74) is 0. The first kappa shape index (κ1) is 34.2. The topological polar surface area (TPSA) is 129 Å². The van der Waals surface area contributed by atoms with Gasteiger partial charge in [0.15, 0.2) is 0 Å². The van der Waals surface area contributed by atoms with Crippen molar-refractivity contribution in [2.45, 2.75) is 22.6 Å². The van der Waals surface area contributed by atoms with Crippen molar-refractivity contribution in [1.29, 1.82) is 0 Å². The fourth-order valence-electron chi connectivity index (χ4n) is 3.23. The summed E-state index contributed by atoms with van der Waals surface area (Å²) in [4.78, 5) is 37.8. The van der Waals surface area contributed by atoms with Gasteiger partial charge in [0.25, 0.3) is 0 Å². The average molecular weight is 605 g/mol. The summed E-state index contributed by atoms with van der Waals surface area (Å²) < 4.78 is 9.78. The van der Waals surface area contributed by atoms with Gasteiger partial charge in [0, 0.05) is 59.8 Å². The molecule has 0 heterocycles. The van der Waals surface area contributed by atoms with Crippen molar-refractivity contribution in [2.75, 3.05) is 64.6 Å². The van der Waals surface area contributed by atoms with E-state index in [9.17, 15) is 19.6 Å². The maximum Gasteiger partial charge on any atom is 0.407 e. The van der Waals surface area contributed by atoms with Crippen molar-refractivity contribution in [3.05, 3.63) is 78.1 Å². The number of likely N-dealkylation sites (N-methyl/N-ethyl adjacent to an activating group) is 1. The van der Waals surface area contributed by atoms with Crippen molar-refractivity contribution in [1.82, 2.24) is 16.0 Å². The van der Waals surface area contributed by atoms with Gasteiger partial charge in [-0.1, -0.05) is 36.4 Å². The molecule has 1 atom stereocenters. The minimum Gasteiger partial charge on any atom is -0.628 e. The van der Waals surface area contributed by atoms with Crippen LogP contribution in [0.25, 0.3) is 0 Å². The fourth-order valence-corrected chi connectivity index (χ4v) is 4.97. The molecule has 0 bridgehead atoms. The third kappa shape index (κ3) is 18.1. The Labute approximate surface area is 250 Å². The summed E-state index contributed by atoms with van der Waals surface area (Å²) in [6.07, 6.45) is 3.04. The molecule has 2 aromatic carbocycles. The lowest BCUT2D eigenvalue weighted by Gasteiger charge is -2.34. The number of benzene rings is 2. The van der Waals surface area contributed by atoms with Crippen molar-refractivity contribution < 1.29 is 28.5 Å². The first-order chi connectivity index (χ1) is 19.8.